The molecule has 2 fully saturated rings. The van der Waals surface area contributed by atoms with Crippen LogP contribution < -0.4 is 0 Å². The molecule has 3 nitrogen and oxygen atoms in total. The number of rotatable bonds is 14. The number of unbranched alkanes of at least 4 members (excludes halogenated alkanes) is 3. The number of carboxylic acid groups (broad SMARTS) is 1. The van der Waals surface area contributed by atoms with E-state index in [1.165, 1.54) is 42.8 Å². The van der Waals surface area contributed by atoms with Crippen LogP contribution in [0.2, 0.25) is 0 Å². The highest BCUT2D eigenvalue weighted by Gasteiger charge is 2.47. The third-order valence-electron chi connectivity index (χ3n) is 6.58. The molecule has 2 heterocycles. The lowest BCUT2D eigenvalue weighted by Crippen LogP contribution is -2.28. The van der Waals surface area contributed by atoms with Gasteiger partial charge in [0.1, 0.15) is 0 Å². The zero-order chi connectivity index (χ0) is 22.4. The molecule has 4 atom stereocenters. The Labute approximate surface area is 198 Å². The molecule has 2 aliphatic rings. The van der Waals surface area contributed by atoms with Gasteiger partial charge in [-0.25, -0.2) is 0 Å². The van der Waals surface area contributed by atoms with Crippen molar-refractivity contribution in [2.75, 3.05) is 11.5 Å². The minimum absolute atomic E-state index is 0.264. The summed E-state index contributed by atoms with van der Waals surface area (Å²) in [4.78, 5) is 10.6. The highest BCUT2D eigenvalue weighted by molar-refractivity contribution is 7.99. The van der Waals surface area contributed by atoms with Crippen LogP contribution in [0, 0.1) is 23.7 Å². The van der Waals surface area contributed by atoms with E-state index in [0.29, 0.717) is 24.0 Å². The number of hydrogen-bond donors (Lipinski definition) is 1. The Morgan fingerprint density at radius 3 is 2.62 bits per heavy atom. The number of fused-ring (bicyclic) bond motifs is 2. The molecule has 0 unspecified atom stereocenters. The minimum atomic E-state index is -0.702. The molecule has 2 saturated heterocycles. The number of aliphatic carboxylic acids is 1. The lowest BCUT2D eigenvalue weighted by molar-refractivity contribution is -0.137. The van der Waals surface area contributed by atoms with E-state index in [1.54, 1.807) is 0 Å². The summed E-state index contributed by atoms with van der Waals surface area (Å²) in [6, 6.07) is 10.6. The number of carboxylic acids is 1. The van der Waals surface area contributed by atoms with Crippen molar-refractivity contribution in [1.82, 2.24) is 0 Å². The van der Waals surface area contributed by atoms with Crippen molar-refractivity contribution in [1.29, 1.82) is 0 Å². The smallest absolute Gasteiger partial charge is 0.303 e. The van der Waals surface area contributed by atoms with E-state index in [-0.39, 0.29) is 6.42 Å². The first-order valence-corrected chi connectivity index (χ1v) is 13.5. The predicted molar refractivity (Wildman–Crippen MR) is 134 cm³/mol. The van der Waals surface area contributed by atoms with Gasteiger partial charge in [0.25, 0.3) is 0 Å². The fourth-order valence-corrected chi connectivity index (χ4v) is 6.14. The van der Waals surface area contributed by atoms with Crippen LogP contribution in [0.1, 0.15) is 69.8 Å². The first-order chi connectivity index (χ1) is 15.7. The number of aryl methyl sites for hydroxylation is 1. The molecule has 2 bridgehead atoms. The second kappa shape index (κ2) is 14.4. The molecule has 0 amide bonds. The van der Waals surface area contributed by atoms with Gasteiger partial charge >= 0.3 is 5.97 Å². The van der Waals surface area contributed by atoms with Gasteiger partial charge in [-0.05, 0) is 80.3 Å². The minimum Gasteiger partial charge on any atom is -0.481 e. The largest absolute Gasteiger partial charge is 0.481 e. The summed E-state index contributed by atoms with van der Waals surface area (Å²) in [6.45, 7) is 0. The second-order valence-electron chi connectivity index (χ2n) is 8.98. The molecule has 3 rings (SSSR count). The third-order valence-corrected chi connectivity index (χ3v) is 7.78. The van der Waals surface area contributed by atoms with Gasteiger partial charge in [-0.15, -0.1) is 11.8 Å². The van der Waals surface area contributed by atoms with Gasteiger partial charge < -0.3 is 9.84 Å². The van der Waals surface area contributed by atoms with E-state index in [4.69, 9.17) is 9.84 Å². The highest BCUT2D eigenvalue weighted by Crippen LogP contribution is 2.46. The number of carbonyl (C=O) groups is 1. The maximum absolute atomic E-state index is 10.6. The molecule has 1 aromatic carbocycles. The second-order valence-corrected chi connectivity index (χ2v) is 10.1. The van der Waals surface area contributed by atoms with Crippen molar-refractivity contribution < 1.29 is 14.6 Å². The summed E-state index contributed by atoms with van der Waals surface area (Å²) in [7, 11) is 0. The normalized spacial score (nSPS) is 24.0. The van der Waals surface area contributed by atoms with Crippen molar-refractivity contribution in [3.63, 3.8) is 0 Å². The molecule has 0 spiro atoms. The number of allylic oxidation sites excluding steroid dienone is 2. The summed E-state index contributed by atoms with van der Waals surface area (Å²) < 4.78 is 6.23. The van der Waals surface area contributed by atoms with Crippen molar-refractivity contribution in [2.24, 2.45) is 11.8 Å². The average Bonchev–Trinajstić information content (AvgIpc) is 3.40. The fourth-order valence-electron chi connectivity index (χ4n) is 4.84. The van der Waals surface area contributed by atoms with Gasteiger partial charge in [-0.3, -0.25) is 4.79 Å². The molecule has 32 heavy (non-hydrogen) atoms. The van der Waals surface area contributed by atoms with Gasteiger partial charge in [0.15, 0.2) is 0 Å². The first-order valence-electron chi connectivity index (χ1n) is 12.3. The van der Waals surface area contributed by atoms with Crippen LogP contribution in [0.3, 0.4) is 0 Å². The molecular formula is C28H38O3S. The first kappa shape index (κ1) is 24.9. The molecular weight excluding hydrogens is 416 g/mol. The molecule has 0 radical (unpaired) electrons. The summed E-state index contributed by atoms with van der Waals surface area (Å²) >= 11 is 2.09. The Hall–Kier alpha value is -1.70. The molecule has 1 N–H and O–H groups in total. The molecule has 0 aromatic heterocycles. The standard InChI is InChI=1S/C28H38O3S/c29-28(30)18-12-5-4-11-17-24-25(27-20-19-26(24)31-27)22-32-21-13-6-2-1-3-8-14-23-15-9-7-10-16-23/h4,7,9-11,15-16,24-27H,2,5-6,8,12-14,17-22H2,(H,29,30)/t24-,25+,26-,27+/m1/s1. The Morgan fingerprint density at radius 1 is 1.03 bits per heavy atom. The van der Waals surface area contributed by atoms with E-state index in [9.17, 15) is 4.79 Å². The van der Waals surface area contributed by atoms with Gasteiger partial charge in [-0.2, -0.15) is 11.8 Å². The van der Waals surface area contributed by atoms with E-state index in [2.05, 4.69) is 66.1 Å². The Kier molecular flexibility index (Phi) is 11.3. The maximum atomic E-state index is 10.6. The molecule has 0 saturated carbocycles. The van der Waals surface area contributed by atoms with Crippen LogP contribution in [0.4, 0.5) is 0 Å². The summed E-state index contributed by atoms with van der Waals surface area (Å²) in [6.07, 6.45) is 16.2. The van der Waals surface area contributed by atoms with Gasteiger partial charge in [0.05, 0.1) is 12.2 Å². The Bertz CT molecular complexity index is 764. The van der Waals surface area contributed by atoms with Gasteiger partial charge in [0.2, 0.25) is 0 Å². The Morgan fingerprint density at radius 2 is 1.81 bits per heavy atom. The zero-order valence-corrected chi connectivity index (χ0v) is 20.0. The summed E-state index contributed by atoms with van der Waals surface area (Å²) in [5, 5.41) is 8.72. The number of hydrogen-bond acceptors (Lipinski definition) is 3. The number of ether oxygens (including phenoxy) is 1. The van der Waals surface area contributed by atoms with Gasteiger partial charge in [-0.1, -0.05) is 42.5 Å². The average molecular weight is 455 g/mol. The van der Waals surface area contributed by atoms with Crippen LogP contribution in [-0.2, 0) is 16.0 Å². The van der Waals surface area contributed by atoms with E-state index >= 15 is 0 Å². The molecule has 174 valence electrons. The molecule has 0 aliphatic carbocycles. The van der Waals surface area contributed by atoms with Gasteiger partial charge in [0, 0.05) is 19.3 Å². The van der Waals surface area contributed by atoms with Crippen LogP contribution in [-0.4, -0.2) is 34.8 Å². The maximum Gasteiger partial charge on any atom is 0.303 e. The van der Waals surface area contributed by atoms with Crippen molar-refractivity contribution in [3.05, 3.63) is 48.0 Å². The highest BCUT2D eigenvalue weighted by atomic mass is 32.2. The van der Waals surface area contributed by atoms with E-state index < -0.39 is 5.97 Å². The topological polar surface area (TPSA) is 46.5 Å². The van der Waals surface area contributed by atoms with Crippen molar-refractivity contribution in [2.45, 2.75) is 82.8 Å². The quantitative estimate of drug-likeness (QED) is 0.197. The number of benzene rings is 1. The number of thioether (sulfide) groups is 1. The lowest BCUT2D eigenvalue weighted by Gasteiger charge is -2.27. The molecule has 1 aromatic rings. The molecule has 4 heteroatoms. The van der Waals surface area contributed by atoms with Crippen LogP contribution in [0.5, 0.6) is 0 Å². The predicted octanol–water partition coefficient (Wildman–Crippen LogP) is 6.52. The lowest BCUT2D eigenvalue weighted by atomic mass is 9.78. The van der Waals surface area contributed by atoms with Crippen LogP contribution >= 0.6 is 11.8 Å². The SMILES string of the molecule is O=C(O)CCCC=CC[C@@H]1[C@H](CSCCCCC#CCCc2ccccc2)[C@@H]2CC[C@H]1O2. The van der Waals surface area contributed by atoms with Crippen molar-refractivity contribution in [3.8, 4) is 11.8 Å². The van der Waals surface area contributed by atoms with E-state index in [1.807, 2.05) is 0 Å². The molecule has 2 aliphatic heterocycles. The Balaban J connectivity index is 1.24. The zero-order valence-electron chi connectivity index (χ0n) is 19.2. The van der Waals surface area contributed by atoms with Crippen LogP contribution in [0.15, 0.2) is 42.5 Å². The third kappa shape index (κ3) is 8.68. The fraction of sp³-hybridized carbons (Fsp3) is 0.607. The van der Waals surface area contributed by atoms with Crippen molar-refractivity contribution >= 4 is 17.7 Å². The summed E-state index contributed by atoms with van der Waals surface area (Å²) in [5.41, 5.74) is 1.37. The summed E-state index contributed by atoms with van der Waals surface area (Å²) in [5.74, 6) is 9.72. The van der Waals surface area contributed by atoms with E-state index in [0.717, 1.165) is 38.5 Å². The monoisotopic (exact) mass is 454 g/mol. The van der Waals surface area contributed by atoms with Crippen LogP contribution in [0.25, 0.3) is 0 Å².